The molecule has 1 aliphatic rings. The molecule has 0 unspecified atom stereocenters. The molecule has 1 aromatic carbocycles. The average Bonchev–Trinajstić information content (AvgIpc) is 2.98. The Kier molecular flexibility index (Phi) is 5.14. The van der Waals surface area contributed by atoms with Crippen molar-refractivity contribution in [2.45, 2.75) is 68.1 Å². The normalized spacial score (nSPS) is 22.3. The maximum absolute atomic E-state index is 13.4. The Hall–Kier alpha value is -1.11. The summed E-state index contributed by atoms with van der Waals surface area (Å²) in [6.45, 7) is 5.95. The third kappa shape index (κ3) is 3.51. The van der Waals surface area contributed by atoms with E-state index < -0.39 is 15.1 Å². The zero-order valence-electron chi connectivity index (χ0n) is 16.0. The number of fused-ring (bicyclic) bond motifs is 1. The zero-order chi connectivity index (χ0) is 19.3. The summed E-state index contributed by atoms with van der Waals surface area (Å²) in [5.41, 5.74) is 0.521. The molecule has 0 atom stereocenters. The van der Waals surface area contributed by atoms with Crippen molar-refractivity contribution >= 4 is 32.5 Å². The van der Waals surface area contributed by atoms with Crippen LogP contribution in [-0.4, -0.2) is 43.7 Å². The topological polar surface area (TPSA) is 63.4 Å². The number of nitrogens with zero attached hydrogens (tertiary/aromatic N) is 2. The van der Waals surface area contributed by atoms with Crippen molar-refractivity contribution in [1.82, 2.24) is 9.88 Å². The van der Waals surface area contributed by atoms with Crippen molar-refractivity contribution in [3.05, 3.63) is 23.0 Å². The Bertz CT molecular complexity index is 905. The van der Waals surface area contributed by atoms with Crippen molar-refractivity contribution in [3.8, 4) is 0 Å². The summed E-state index contributed by atoms with van der Waals surface area (Å²) in [5.74, 6) is 0.516. The van der Waals surface area contributed by atoms with Gasteiger partial charge in [0.2, 0.25) is 5.89 Å². The van der Waals surface area contributed by atoms with Crippen LogP contribution in [0, 0.1) is 0 Å². The summed E-state index contributed by atoms with van der Waals surface area (Å²) in [4.78, 5) is 6.76. The number of sulfone groups is 1. The van der Waals surface area contributed by atoms with Gasteiger partial charge in [-0.15, -0.1) is 0 Å². The van der Waals surface area contributed by atoms with Crippen LogP contribution >= 0.6 is 11.6 Å². The molecule has 0 amide bonds. The number of oxazole rings is 1. The molecular weight excluding hydrogens is 372 g/mol. The lowest BCUT2D eigenvalue weighted by Crippen LogP contribution is -2.36. The van der Waals surface area contributed by atoms with Crippen molar-refractivity contribution in [3.63, 3.8) is 0 Å². The third-order valence-electron chi connectivity index (χ3n) is 5.20. The van der Waals surface area contributed by atoms with E-state index in [0.717, 1.165) is 12.8 Å². The first kappa shape index (κ1) is 19.6. The molecule has 3 rings (SSSR count). The van der Waals surface area contributed by atoms with Gasteiger partial charge in [-0.2, -0.15) is 0 Å². The number of hydrogen-bond donors (Lipinski definition) is 0. The van der Waals surface area contributed by atoms with E-state index in [9.17, 15) is 8.42 Å². The van der Waals surface area contributed by atoms with E-state index >= 15 is 0 Å². The summed E-state index contributed by atoms with van der Waals surface area (Å²) >= 11 is 6.33. The standard InChI is InChI=1S/C19H27ClN2O3S/c1-19(2,3)18-21-15-11-10-14(20)17(16(15)25-18)26(23,24)13-8-6-12(7-9-13)22(4)5/h10-13H,6-9H2,1-5H3/t12-,13-. The van der Waals surface area contributed by atoms with Crippen molar-refractivity contribution in [2.75, 3.05) is 14.1 Å². The first-order valence-corrected chi connectivity index (χ1v) is 10.9. The first-order valence-electron chi connectivity index (χ1n) is 9.01. The van der Waals surface area contributed by atoms with E-state index in [2.05, 4.69) is 9.88 Å². The van der Waals surface area contributed by atoms with Crippen LogP contribution in [0.3, 0.4) is 0 Å². The van der Waals surface area contributed by atoms with Crippen LogP contribution in [0.5, 0.6) is 0 Å². The quantitative estimate of drug-likeness (QED) is 0.765. The molecule has 1 fully saturated rings. The molecule has 5 nitrogen and oxygen atoms in total. The highest BCUT2D eigenvalue weighted by atomic mass is 35.5. The van der Waals surface area contributed by atoms with Gasteiger partial charge in [0.25, 0.3) is 0 Å². The highest BCUT2D eigenvalue weighted by Gasteiger charge is 2.36. The lowest BCUT2D eigenvalue weighted by Gasteiger charge is -2.32. The molecule has 1 saturated carbocycles. The second-order valence-corrected chi connectivity index (χ2v) is 11.0. The molecular formula is C19H27ClN2O3S. The lowest BCUT2D eigenvalue weighted by molar-refractivity contribution is 0.230. The molecule has 0 radical (unpaired) electrons. The molecule has 144 valence electrons. The first-order chi connectivity index (χ1) is 12.0. The van der Waals surface area contributed by atoms with Crippen molar-refractivity contribution < 1.29 is 12.8 Å². The van der Waals surface area contributed by atoms with Gasteiger partial charge in [-0.05, 0) is 51.9 Å². The molecule has 0 N–H and O–H groups in total. The predicted octanol–water partition coefficient (Wildman–Crippen LogP) is 4.43. The molecule has 0 saturated heterocycles. The van der Waals surface area contributed by atoms with Gasteiger partial charge in [0.15, 0.2) is 15.4 Å². The van der Waals surface area contributed by atoms with E-state index in [1.807, 2.05) is 34.9 Å². The maximum Gasteiger partial charge on any atom is 0.200 e. The molecule has 1 aromatic heterocycles. The molecule has 0 bridgehead atoms. The molecule has 26 heavy (non-hydrogen) atoms. The molecule has 1 aliphatic carbocycles. The second kappa shape index (κ2) is 6.80. The second-order valence-electron chi connectivity index (χ2n) is 8.43. The minimum Gasteiger partial charge on any atom is -0.439 e. The van der Waals surface area contributed by atoms with Gasteiger partial charge >= 0.3 is 0 Å². The van der Waals surface area contributed by atoms with Gasteiger partial charge < -0.3 is 9.32 Å². The Morgan fingerprint density at radius 1 is 1.15 bits per heavy atom. The molecule has 0 aliphatic heterocycles. The summed E-state index contributed by atoms with van der Waals surface area (Å²) in [6, 6.07) is 3.76. The monoisotopic (exact) mass is 398 g/mol. The van der Waals surface area contributed by atoms with Gasteiger partial charge in [-0.1, -0.05) is 32.4 Å². The highest BCUT2D eigenvalue weighted by Crippen LogP contribution is 2.38. The van der Waals surface area contributed by atoms with Gasteiger partial charge in [0.1, 0.15) is 10.4 Å². The van der Waals surface area contributed by atoms with Crippen LogP contribution in [0.1, 0.15) is 52.3 Å². The summed E-state index contributed by atoms with van der Waals surface area (Å²) < 4.78 is 32.6. The number of rotatable bonds is 3. The SMILES string of the molecule is CN(C)[C@H]1CC[C@H](S(=O)(=O)c2c(Cl)ccc3nc(C(C)(C)C)oc23)CC1. The fourth-order valence-electron chi connectivity index (χ4n) is 3.57. The average molecular weight is 399 g/mol. The van der Waals surface area contributed by atoms with Crippen LogP contribution in [0.25, 0.3) is 11.1 Å². The van der Waals surface area contributed by atoms with E-state index in [-0.39, 0.29) is 20.9 Å². The number of hydrogen-bond acceptors (Lipinski definition) is 5. The lowest BCUT2D eigenvalue weighted by atomic mass is 9.94. The van der Waals surface area contributed by atoms with E-state index in [4.69, 9.17) is 16.0 Å². The minimum atomic E-state index is -3.58. The fraction of sp³-hybridized carbons (Fsp3) is 0.632. The summed E-state index contributed by atoms with van der Waals surface area (Å²) in [5, 5.41) is -0.214. The Labute approximate surface area is 160 Å². The van der Waals surface area contributed by atoms with Gasteiger partial charge in [-0.3, -0.25) is 0 Å². The smallest absolute Gasteiger partial charge is 0.200 e. The van der Waals surface area contributed by atoms with Crippen molar-refractivity contribution in [1.29, 1.82) is 0 Å². The van der Waals surface area contributed by atoms with E-state index in [1.54, 1.807) is 12.1 Å². The van der Waals surface area contributed by atoms with Crippen LogP contribution < -0.4 is 0 Å². The largest absolute Gasteiger partial charge is 0.439 e. The molecule has 1 heterocycles. The van der Waals surface area contributed by atoms with Crippen LogP contribution in [-0.2, 0) is 15.3 Å². The predicted molar refractivity (Wildman–Crippen MR) is 105 cm³/mol. The maximum atomic E-state index is 13.4. The highest BCUT2D eigenvalue weighted by molar-refractivity contribution is 7.92. The third-order valence-corrected chi connectivity index (χ3v) is 7.95. The van der Waals surface area contributed by atoms with Gasteiger partial charge in [-0.25, -0.2) is 13.4 Å². The summed E-state index contributed by atoms with van der Waals surface area (Å²) in [7, 11) is 0.498. The van der Waals surface area contributed by atoms with E-state index in [1.165, 1.54) is 0 Å². The Morgan fingerprint density at radius 3 is 2.31 bits per heavy atom. The minimum absolute atomic E-state index is 0.105. The fourth-order valence-corrected chi connectivity index (χ4v) is 6.01. The van der Waals surface area contributed by atoms with Crippen LogP contribution in [0.4, 0.5) is 0 Å². The number of halogens is 1. The van der Waals surface area contributed by atoms with Gasteiger partial charge in [0, 0.05) is 11.5 Å². The molecule has 7 heteroatoms. The van der Waals surface area contributed by atoms with Crippen molar-refractivity contribution in [2.24, 2.45) is 0 Å². The molecule has 0 spiro atoms. The van der Waals surface area contributed by atoms with Crippen LogP contribution in [0.15, 0.2) is 21.4 Å². The Morgan fingerprint density at radius 2 is 1.77 bits per heavy atom. The Balaban J connectivity index is 2.03. The number of benzene rings is 1. The number of aromatic nitrogens is 1. The summed E-state index contributed by atoms with van der Waals surface area (Å²) in [6.07, 6.45) is 3.01. The molecule has 2 aromatic rings. The zero-order valence-corrected chi connectivity index (χ0v) is 17.6. The van der Waals surface area contributed by atoms with Crippen LogP contribution in [0.2, 0.25) is 5.02 Å². The van der Waals surface area contributed by atoms with Gasteiger partial charge in [0.05, 0.1) is 10.3 Å². The van der Waals surface area contributed by atoms with E-state index in [0.29, 0.717) is 30.3 Å².